The van der Waals surface area contributed by atoms with Crippen molar-refractivity contribution in [2.45, 2.75) is 52.8 Å². The fourth-order valence-electron chi connectivity index (χ4n) is 2.61. The smallest absolute Gasteiger partial charge is 0.341 e. The second kappa shape index (κ2) is 7.61. The molecule has 2 unspecified atom stereocenters. The van der Waals surface area contributed by atoms with Crippen molar-refractivity contribution in [3.05, 3.63) is 36.0 Å². The first-order valence-electron chi connectivity index (χ1n) is 8.75. The van der Waals surface area contributed by atoms with Crippen LogP contribution in [0.15, 0.2) is 30.5 Å². The Morgan fingerprint density at radius 1 is 1.31 bits per heavy atom. The van der Waals surface area contributed by atoms with Crippen LogP contribution in [0.1, 0.15) is 45.0 Å². The maximum Gasteiger partial charge on any atom is 0.341 e. The summed E-state index contributed by atoms with van der Waals surface area (Å²) < 4.78 is 7.32. The van der Waals surface area contributed by atoms with Crippen LogP contribution >= 0.6 is 0 Å². The van der Waals surface area contributed by atoms with Gasteiger partial charge in [0.05, 0.1) is 11.6 Å². The van der Waals surface area contributed by atoms with Crippen molar-refractivity contribution in [1.29, 1.82) is 5.26 Å². The number of carbonyl (C=O) groups is 2. The van der Waals surface area contributed by atoms with Gasteiger partial charge in [0.2, 0.25) is 0 Å². The Hall–Kier alpha value is -2.81. The molecule has 1 N–H and O–H groups in total. The van der Waals surface area contributed by atoms with E-state index < -0.39 is 23.5 Å². The van der Waals surface area contributed by atoms with Crippen molar-refractivity contribution in [3.63, 3.8) is 0 Å². The van der Waals surface area contributed by atoms with Crippen molar-refractivity contribution in [2.75, 3.05) is 0 Å². The van der Waals surface area contributed by atoms with Gasteiger partial charge < -0.3 is 14.6 Å². The summed E-state index contributed by atoms with van der Waals surface area (Å²) in [6, 6.07) is 9.67. The number of aromatic nitrogens is 1. The first kappa shape index (κ1) is 19.5. The third-order valence-corrected chi connectivity index (χ3v) is 4.77. The molecule has 6 heteroatoms. The predicted octanol–water partition coefficient (Wildman–Crippen LogP) is 3.26. The molecule has 0 saturated carbocycles. The van der Waals surface area contributed by atoms with Crippen LogP contribution in [-0.4, -0.2) is 28.1 Å². The van der Waals surface area contributed by atoms with E-state index in [1.165, 1.54) is 6.92 Å². The number of rotatable bonds is 6. The Kier molecular flexibility index (Phi) is 5.71. The summed E-state index contributed by atoms with van der Waals surface area (Å²) in [4.78, 5) is 25.0. The van der Waals surface area contributed by atoms with Crippen molar-refractivity contribution in [2.24, 2.45) is 5.92 Å². The minimum absolute atomic E-state index is 0.0816. The number of ether oxygens (including phenoxy) is 1. The summed E-state index contributed by atoms with van der Waals surface area (Å²) in [5, 5.41) is 12.8. The number of benzene rings is 1. The van der Waals surface area contributed by atoms with Crippen LogP contribution < -0.4 is 5.32 Å². The van der Waals surface area contributed by atoms with E-state index in [-0.39, 0.29) is 5.92 Å². The molecule has 138 valence electrons. The van der Waals surface area contributed by atoms with Crippen molar-refractivity contribution in [1.82, 2.24) is 9.88 Å². The van der Waals surface area contributed by atoms with E-state index in [0.717, 1.165) is 17.4 Å². The highest BCUT2D eigenvalue weighted by Gasteiger charge is 2.33. The molecule has 26 heavy (non-hydrogen) atoms. The molecule has 2 atom stereocenters. The summed E-state index contributed by atoms with van der Waals surface area (Å²) >= 11 is 0. The topological polar surface area (TPSA) is 84.1 Å². The van der Waals surface area contributed by atoms with Gasteiger partial charge in [0.15, 0.2) is 6.10 Å². The van der Waals surface area contributed by atoms with Crippen LogP contribution in [0.2, 0.25) is 0 Å². The van der Waals surface area contributed by atoms with Crippen LogP contribution in [0.25, 0.3) is 10.9 Å². The van der Waals surface area contributed by atoms with Crippen molar-refractivity contribution >= 4 is 22.8 Å². The summed E-state index contributed by atoms with van der Waals surface area (Å²) in [6.45, 7) is 9.56. The maximum absolute atomic E-state index is 12.6. The van der Waals surface area contributed by atoms with Crippen LogP contribution in [-0.2, 0) is 16.1 Å². The Morgan fingerprint density at radius 2 is 1.96 bits per heavy atom. The molecule has 6 nitrogen and oxygen atoms in total. The SMILES string of the molecule is CCn1cc(C(=O)OC(C)C(=O)NC(C)(C#N)C(C)C)c2ccccc21. The van der Waals surface area contributed by atoms with E-state index in [1.54, 1.807) is 13.1 Å². The Morgan fingerprint density at radius 3 is 2.54 bits per heavy atom. The highest BCUT2D eigenvalue weighted by molar-refractivity contribution is 6.05. The first-order valence-corrected chi connectivity index (χ1v) is 8.75. The normalized spacial score (nSPS) is 14.5. The molecule has 0 spiro atoms. The monoisotopic (exact) mass is 355 g/mol. The van der Waals surface area contributed by atoms with Crippen LogP contribution in [0, 0.1) is 17.2 Å². The lowest BCUT2D eigenvalue weighted by Gasteiger charge is -2.28. The van der Waals surface area contributed by atoms with Gasteiger partial charge in [0, 0.05) is 23.6 Å². The zero-order valence-electron chi connectivity index (χ0n) is 15.9. The number of nitrogens with zero attached hydrogens (tertiary/aromatic N) is 2. The second-order valence-corrected chi connectivity index (χ2v) is 6.85. The third kappa shape index (κ3) is 3.72. The number of aryl methyl sites for hydroxylation is 1. The summed E-state index contributed by atoms with van der Waals surface area (Å²) in [7, 11) is 0. The molecule has 1 amide bonds. The van der Waals surface area contributed by atoms with E-state index in [1.807, 2.05) is 49.6 Å². The number of hydrogen-bond donors (Lipinski definition) is 1. The lowest BCUT2D eigenvalue weighted by Crippen LogP contribution is -2.52. The molecule has 2 aromatic rings. The number of amides is 1. The fourth-order valence-corrected chi connectivity index (χ4v) is 2.61. The molecule has 0 saturated heterocycles. The van der Waals surface area contributed by atoms with Gasteiger partial charge in [0.25, 0.3) is 5.91 Å². The number of hydrogen-bond acceptors (Lipinski definition) is 4. The standard InChI is InChI=1S/C20H25N3O3/c1-6-23-11-16(15-9-7-8-10-17(15)23)19(25)26-14(4)18(24)22-20(5,12-21)13(2)3/h7-11,13-14H,6H2,1-5H3,(H,22,24). The quantitative estimate of drug-likeness (QED) is 0.806. The van der Waals surface area contributed by atoms with Crippen LogP contribution in [0.3, 0.4) is 0 Å². The fraction of sp³-hybridized carbons (Fsp3) is 0.450. The molecule has 0 aliphatic carbocycles. The third-order valence-electron chi connectivity index (χ3n) is 4.77. The summed E-state index contributed by atoms with van der Waals surface area (Å²) in [6.07, 6.45) is 0.739. The first-order chi connectivity index (χ1) is 12.2. The summed E-state index contributed by atoms with van der Waals surface area (Å²) in [5.41, 5.74) is 0.348. The second-order valence-electron chi connectivity index (χ2n) is 6.85. The average molecular weight is 355 g/mol. The van der Waals surface area contributed by atoms with Gasteiger partial charge in [-0.1, -0.05) is 32.0 Å². The lowest BCUT2D eigenvalue weighted by molar-refractivity contribution is -0.130. The minimum Gasteiger partial charge on any atom is -0.449 e. The van der Waals surface area contributed by atoms with Gasteiger partial charge in [-0.25, -0.2) is 4.79 Å². The molecule has 0 radical (unpaired) electrons. The highest BCUT2D eigenvalue weighted by Crippen LogP contribution is 2.23. The number of para-hydroxylation sites is 1. The Labute approximate surface area is 153 Å². The van der Waals surface area contributed by atoms with E-state index in [9.17, 15) is 14.9 Å². The number of nitrogens with one attached hydrogen (secondary N) is 1. The van der Waals surface area contributed by atoms with Gasteiger partial charge in [-0.2, -0.15) is 5.26 Å². The molecule has 0 aliphatic heterocycles. The zero-order chi connectivity index (χ0) is 19.5. The number of carbonyl (C=O) groups excluding carboxylic acids is 2. The largest absolute Gasteiger partial charge is 0.449 e. The molecular formula is C20H25N3O3. The van der Waals surface area contributed by atoms with Gasteiger partial charge in [-0.3, -0.25) is 4.79 Å². The predicted molar refractivity (Wildman–Crippen MR) is 99.5 cm³/mol. The lowest BCUT2D eigenvalue weighted by atomic mass is 9.90. The van der Waals surface area contributed by atoms with Crippen molar-refractivity contribution < 1.29 is 14.3 Å². The summed E-state index contributed by atoms with van der Waals surface area (Å²) in [5.74, 6) is -1.13. The van der Waals surface area contributed by atoms with E-state index >= 15 is 0 Å². The zero-order valence-corrected chi connectivity index (χ0v) is 15.9. The molecule has 0 fully saturated rings. The average Bonchev–Trinajstić information content (AvgIpc) is 3.00. The molecule has 1 aromatic heterocycles. The highest BCUT2D eigenvalue weighted by atomic mass is 16.5. The van der Waals surface area contributed by atoms with E-state index in [4.69, 9.17) is 4.74 Å². The van der Waals surface area contributed by atoms with Gasteiger partial charge >= 0.3 is 5.97 Å². The molecule has 0 bridgehead atoms. The maximum atomic E-state index is 12.6. The van der Waals surface area contributed by atoms with Crippen LogP contribution in [0.5, 0.6) is 0 Å². The number of esters is 1. The van der Waals surface area contributed by atoms with Gasteiger partial charge in [0.1, 0.15) is 5.54 Å². The van der Waals surface area contributed by atoms with Gasteiger partial charge in [-0.15, -0.1) is 0 Å². The number of nitriles is 1. The Bertz CT molecular complexity index is 863. The van der Waals surface area contributed by atoms with Crippen LogP contribution in [0.4, 0.5) is 0 Å². The van der Waals surface area contributed by atoms with E-state index in [0.29, 0.717) is 5.56 Å². The molecule has 1 aromatic carbocycles. The van der Waals surface area contributed by atoms with E-state index in [2.05, 4.69) is 11.4 Å². The molecular weight excluding hydrogens is 330 g/mol. The molecule has 0 aliphatic rings. The minimum atomic E-state index is -1.02. The molecule has 1 heterocycles. The molecule has 2 rings (SSSR count). The number of fused-ring (bicyclic) bond motifs is 1. The Balaban J connectivity index is 2.17. The van der Waals surface area contributed by atoms with Gasteiger partial charge in [-0.05, 0) is 32.8 Å². The van der Waals surface area contributed by atoms with Crippen molar-refractivity contribution in [3.8, 4) is 6.07 Å².